The smallest absolute Gasteiger partial charge is 0.315 e. The fourth-order valence-electron chi connectivity index (χ4n) is 1.09. The Morgan fingerprint density at radius 2 is 2.25 bits per heavy atom. The van der Waals surface area contributed by atoms with Gasteiger partial charge in [0.15, 0.2) is 0 Å². The van der Waals surface area contributed by atoms with Gasteiger partial charge in [-0.3, -0.25) is 4.79 Å². The topological polar surface area (TPSA) is 66.0 Å². The molecule has 0 aliphatic heterocycles. The van der Waals surface area contributed by atoms with Crippen LogP contribution in [-0.4, -0.2) is 21.0 Å². The second-order valence-corrected chi connectivity index (χ2v) is 3.31. The van der Waals surface area contributed by atoms with Gasteiger partial charge in [-0.1, -0.05) is 0 Å². The Bertz CT molecular complexity index is 302. The van der Waals surface area contributed by atoms with E-state index in [1.54, 1.807) is 13.8 Å². The summed E-state index contributed by atoms with van der Waals surface area (Å²) in [5.74, 6) is -0.863. The van der Waals surface area contributed by atoms with Gasteiger partial charge in [0.25, 0.3) is 0 Å². The minimum Gasteiger partial charge on any atom is -0.481 e. The molecule has 12 heavy (non-hydrogen) atoms. The first-order valence-electron chi connectivity index (χ1n) is 3.70. The maximum Gasteiger partial charge on any atom is 0.315 e. The van der Waals surface area contributed by atoms with Crippen molar-refractivity contribution in [2.24, 2.45) is 0 Å². The lowest BCUT2D eigenvalue weighted by molar-refractivity contribution is -0.142. The van der Waals surface area contributed by atoms with Crippen molar-refractivity contribution in [2.75, 3.05) is 0 Å². The van der Waals surface area contributed by atoms with Gasteiger partial charge in [-0.25, -0.2) is 4.98 Å². The van der Waals surface area contributed by atoms with E-state index >= 15 is 0 Å². The number of carbonyl (C=O) groups is 1. The normalized spacial score (nSPS) is 11.6. The van der Waals surface area contributed by atoms with E-state index in [2.05, 4.69) is 9.97 Å². The van der Waals surface area contributed by atoms with E-state index < -0.39 is 11.4 Å². The molecule has 0 amide bonds. The molecule has 0 spiro atoms. The number of aromatic nitrogens is 2. The van der Waals surface area contributed by atoms with Crippen LogP contribution in [0.25, 0.3) is 0 Å². The van der Waals surface area contributed by atoms with Gasteiger partial charge < -0.3 is 10.1 Å². The number of H-pyrrole nitrogens is 1. The quantitative estimate of drug-likeness (QED) is 0.694. The molecule has 0 saturated carbocycles. The van der Waals surface area contributed by atoms with Crippen LogP contribution in [0.3, 0.4) is 0 Å². The van der Waals surface area contributed by atoms with Gasteiger partial charge in [0.05, 0.1) is 12.0 Å². The molecule has 0 bridgehead atoms. The minimum absolute atomic E-state index is 0.593. The summed E-state index contributed by atoms with van der Waals surface area (Å²) in [7, 11) is 0. The first-order valence-corrected chi connectivity index (χ1v) is 3.70. The van der Waals surface area contributed by atoms with Crippen LogP contribution in [0.4, 0.5) is 0 Å². The summed E-state index contributed by atoms with van der Waals surface area (Å²) in [6.45, 7) is 5.09. The molecule has 0 fully saturated rings. The van der Waals surface area contributed by atoms with Crippen molar-refractivity contribution in [3.05, 3.63) is 17.7 Å². The third kappa shape index (κ3) is 1.20. The Balaban J connectivity index is 3.13. The first kappa shape index (κ1) is 8.77. The monoisotopic (exact) mass is 168 g/mol. The molecule has 0 atom stereocenters. The van der Waals surface area contributed by atoms with Crippen LogP contribution in [0.15, 0.2) is 6.33 Å². The zero-order valence-corrected chi connectivity index (χ0v) is 7.38. The lowest BCUT2D eigenvalue weighted by Gasteiger charge is -2.16. The van der Waals surface area contributed by atoms with Gasteiger partial charge in [0, 0.05) is 5.69 Å². The molecule has 2 N–H and O–H groups in total. The third-order valence-electron chi connectivity index (χ3n) is 1.96. The Morgan fingerprint density at radius 3 is 2.58 bits per heavy atom. The van der Waals surface area contributed by atoms with Crippen molar-refractivity contribution in [1.82, 2.24) is 9.97 Å². The van der Waals surface area contributed by atoms with Gasteiger partial charge in [-0.05, 0) is 20.8 Å². The number of hydrogen-bond acceptors (Lipinski definition) is 2. The summed E-state index contributed by atoms with van der Waals surface area (Å²) in [6.07, 6.45) is 1.51. The van der Waals surface area contributed by atoms with Crippen molar-refractivity contribution in [3.63, 3.8) is 0 Å². The Morgan fingerprint density at radius 1 is 1.67 bits per heavy atom. The van der Waals surface area contributed by atoms with E-state index in [-0.39, 0.29) is 0 Å². The molecule has 1 heterocycles. The highest BCUT2D eigenvalue weighted by molar-refractivity contribution is 5.79. The van der Waals surface area contributed by atoms with Gasteiger partial charge in [0.1, 0.15) is 5.41 Å². The number of nitrogens with one attached hydrogen (secondary N) is 1. The summed E-state index contributed by atoms with van der Waals surface area (Å²) in [5, 5.41) is 8.88. The van der Waals surface area contributed by atoms with Gasteiger partial charge in [-0.15, -0.1) is 0 Å². The van der Waals surface area contributed by atoms with Crippen LogP contribution in [0.5, 0.6) is 0 Å². The summed E-state index contributed by atoms with van der Waals surface area (Å²) >= 11 is 0. The highest BCUT2D eigenvalue weighted by Crippen LogP contribution is 2.23. The Kier molecular flexibility index (Phi) is 1.92. The summed E-state index contributed by atoms with van der Waals surface area (Å²) in [5.41, 5.74) is 0.488. The van der Waals surface area contributed by atoms with E-state index in [9.17, 15) is 4.79 Å². The molecule has 1 aromatic heterocycles. The van der Waals surface area contributed by atoms with E-state index in [1.165, 1.54) is 6.33 Å². The predicted molar refractivity (Wildman–Crippen MR) is 44.0 cm³/mol. The molecule has 0 saturated heterocycles. The van der Waals surface area contributed by atoms with Crippen LogP contribution < -0.4 is 0 Å². The number of aromatic amines is 1. The van der Waals surface area contributed by atoms with Crippen molar-refractivity contribution in [1.29, 1.82) is 0 Å². The van der Waals surface area contributed by atoms with Gasteiger partial charge >= 0.3 is 5.97 Å². The number of aryl methyl sites for hydroxylation is 1. The molecule has 0 aliphatic carbocycles. The van der Waals surface area contributed by atoms with Gasteiger partial charge in [-0.2, -0.15) is 0 Å². The SMILES string of the molecule is Cc1[nH]cnc1C(C)(C)C(=O)O. The first-order chi connectivity index (χ1) is 5.46. The number of nitrogens with zero attached hydrogens (tertiary/aromatic N) is 1. The van der Waals surface area contributed by atoms with Gasteiger partial charge in [0.2, 0.25) is 0 Å². The number of hydrogen-bond donors (Lipinski definition) is 2. The average molecular weight is 168 g/mol. The molecule has 0 unspecified atom stereocenters. The maximum atomic E-state index is 10.8. The highest BCUT2D eigenvalue weighted by Gasteiger charge is 2.32. The number of aliphatic carboxylic acids is 1. The standard InChI is InChI=1S/C8H12N2O2/c1-5-6(10-4-9-5)8(2,3)7(11)12/h4H,1-3H3,(H,9,10)(H,11,12). The van der Waals surface area contributed by atoms with Crippen LogP contribution in [0.1, 0.15) is 25.2 Å². The van der Waals surface area contributed by atoms with Crippen LogP contribution in [-0.2, 0) is 10.2 Å². The minimum atomic E-state index is -0.913. The molecule has 1 rings (SSSR count). The third-order valence-corrected chi connectivity index (χ3v) is 1.96. The molecule has 0 aromatic carbocycles. The van der Waals surface area contributed by atoms with Crippen molar-refractivity contribution < 1.29 is 9.90 Å². The van der Waals surface area contributed by atoms with E-state index in [0.717, 1.165) is 5.69 Å². The number of carboxylic acid groups (broad SMARTS) is 1. The molecule has 4 nitrogen and oxygen atoms in total. The van der Waals surface area contributed by atoms with Crippen molar-refractivity contribution in [3.8, 4) is 0 Å². The number of rotatable bonds is 2. The molecule has 0 aliphatic rings. The van der Waals surface area contributed by atoms with Crippen molar-refractivity contribution in [2.45, 2.75) is 26.2 Å². The fourth-order valence-corrected chi connectivity index (χ4v) is 1.09. The Labute approximate surface area is 70.6 Å². The average Bonchev–Trinajstić information content (AvgIpc) is 2.35. The lowest BCUT2D eigenvalue weighted by atomic mass is 9.88. The van der Waals surface area contributed by atoms with E-state index in [1.807, 2.05) is 6.92 Å². The molecular formula is C8H12N2O2. The second-order valence-electron chi connectivity index (χ2n) is 3.31. The summed E-state index contributed by atoms with van der Waals surface area (Å²) in [6, 6.07) is 0. The second kappa shape index (κ2) is 2.62. The van der Waals surface area contributed by atoms with Crippen LogP contribution >= 0.6 is 0 Å². The number of imidazole rings is 1. The predicted octanol–water partition coefficient (Wildman–Crippen LogP) is 1.08. The van der Waals surface area contributed by atoms with E-state index in [0.29, 0.717) is 5.69 Å². The van der Waals surface area contributed by atoms with Crippen LogP contribution in [0.2, 0.25) is 0 Å². The Hall–Kier alpha value is -1.32. The zero-order valence-electron chi connectivity index (χ0n) is 7.38. The molecule has 4 heteroatoms. The maximum absolute atomic E-state index is 10.8. The fraction of sp³-hybridized carbons (Fsp3) is 0.500. The van der Waals surface area contributed by atoms with Crippen molar-refractivity contribution >= 4 is 5.97 Å². The van der Waals surface area contributed by atoms with E-state index in [4.69, 9.17) is 5.11 Å². The zero-order chi connectivity index (χ0) is 9.35. The largest absolute Gasteiger partial charge is 0.481 e. The van der Waals surface area contributed by atoms with Crippen LogP contribution in [0, 0.1) is 6.92 Å². The highest BCUT2D eigenvalue weighted by atomic mass is 16.4. The lowest BCUT2D eigenvalue weighted by Crippen LogP contribution is -2.29. The summed E-state index contributed by atoms with van der Waals surface area (Å²) < 4.78 is 0. The molecule has 0 radical (unpaired) electrons. The summed E-state index contributed by atoms with van der Waals surface area (Å²) in [4.78, 5) is 17.6. The molecule has 66 valence electrons. The molecular weight excluding hydrogens is 156 g/mol. The molecule has 1 aromatic rings. The number of carboxylic acids is 1.